The molecule has 2 N–H and O–H groups in total. The molecular weight excluding hydrogens is 1810 g/mol. The molecule has 6 heteroatoms. The maximum absolute atomic E-state index is 6.35. The molecule has 0 aliphatic heterocycles. The first-order valence-electron chi connectivity index (χ1n) is 51.4. The molecule has 25 aromatic carbocycles. The average molecular weight is 1910 g/mol. The zero-order valence-corrected chi connectivity index (χ0v) is 82.2. The topological polar surface area (TPSA) is 45.6 Å². The number of hydrogen-bond acceptors (Lipinski definition) is 4. The fourth-order valence-corrected chi connectivity index (χ4v) is 22.4. The third-order valence-electron chi connectivity index (χ3n) is 30.1. The van der Waals surface area contributed by atoms with E-state index in [0.29, 0.717) is 0 Å². The van der Waals surface area contributed by atoms with Gasteiger partial charge in [-0.2, -0.15) is 0 Å². The van der Waals surface area contributed by atoms with Gasteiger partial charge in [-0.25, -0.2) is 0 Å². The molecular formula is C144H98N6. The van der Waals surface area contributed by atoms with Crippen molar-refractivity contribution in [3.05, 3.63) is 582 Å². The molecule has 0 fully saturated rings. The van der Waals surface area contributed by atoms with Crippen LogP contribution in [0.1, 0.15) is 0 Å². The van der Waals surface area contributed by atoms with Gasteiger partial charge in [0.1, 0.15) is 0 Å². The van der Waals surface area contributed by atoms with Crippen LogP contribution in [-0.2, 0) is 0 Å². The Kier molecular flexibility index (Phi) is 22.7. The maximum Gasteiger partial charge on any atom is 0.0541 e. The van der Waals surface area contributed by atoms with Crippen LogP contribution in [0, 0.1) is 0 Å². The molecule has 6 nitrogen and oxygen atoms in total. The summed E-state index contributed by atoms with van der Waals surface area (Å²) in [5.41, 5.74) is 48.1. The van der Waals surface area contributed by atoms with Gasteiger partial charge in [-0.1, -0.05) is 425 Å². The van der Waals surface area contributed by atoms with E-state index < -0.39 is 0 Å². The number of rotatable bonds is 22. The Labute approximate surface area is 872 Å². The van der Waals surface area contributed by atoms with Gasteiger partial charge in [-0.05, 0) is 296 Å². The quantitative estimate of drug-likeness (QED) is 0.0687. The minimum absolute atomic E-state index is 0.724. The highest BCUT2D eigenvalue weighted by Crippen LogP contribution is 2.52. The Hall–Kier alpha value is -19.9. The van der Waals surface area contributed by atoms with Gasteiger partial charge in [0.2, 0.25) is 0 Å². The van der Waals surface area contributed by atoms with E-state index in [1.54, 1.807) is 0 Å². The van der Waals surface area contributed by atoms with Crippen molar-refractivity contribution in [1.82, 2.24) is 9.13 Å². The van der Waals surface area contributed by atoms with Crippen LogP contribution in [0.3, 0.4) is 0 Å². The SMILES string of the molecule is Nc1ccc(-c2ccc(N(c3cc(N(c4ccc(-c5ccc(-n6c7ccc(-c8ccc(-c9ccccc9)cc8)cc7c7cc(-c8ccc(-c9ccccc9)cc8)ccc76)cc5)cc4)c4cccc5ccccc45)cc(N(c4ccc(-c5ccc(-n6c7ccc(-c8ccc(-c9ccccc9)cc8)cc7c7cc(-c8ccc(-c9ccccc9)cc8)ccc76)cc5)cc4)c4cccc5ccccc45)c3)c3cccc4ccccc34)cc2)cc1. The van der Waals surface area contributed by atoms with Crippen molar-refractivity contribution in [1.29, 1.82) is 0 Å². The van der Waals surface area contributed by atoms with Crippen molar-refractivity contribution in [2.45, 2.75) is 0 Å². The molecule has 2 heterocycles. The zero-order chi connectivity index (χ0) is 99.5. The van der Waals surface area contributed by atoms with Gasteiger partial charge < -0.3 is 29.6 Å². The monoisotopic (exact) mass is 1910 g/mol. The molecule has 150 heavy (non-hydrogen) atoms. The van der Waals surface area contributed by atoms with Gasteiger partial charge in [-0.15, -0.1) is 0 Å². The van der Waals surface area contributed by atoms with Crippen molar-refractivity contribution in [3.8, 4) is 134 Å². The van der Waals surface area contributed by atoms with Crippen LogP contribution in [0.2, 0.25) is 0 Å². The van der Waals surface area contributed by atoms with Gasteiger partial charge in [0.25, 0.3) is 0 Å². The third-order valence-corrected chi connectivity index (χ3v) is 30.1. The second-order valence-electron chi connectivity index (χ2n) is 38.9. The first-order chi connectivity index (χ1) is 74.2. The molecule has 0 aliphatic carbocycles. The maximum atomic E-state index is 6.35. The van der Waals surface area contributed by atoms with Crippen LogP contribution in [0.15, 0.2) is 582 Å². The van der Waals surface area contributed by atoms with Crippen molar-refractivity contribution in [2.75, 3.05) is 20.4 Å². The lowest BCUT2D eigenvalue weighted by Gasteiger charge is -2.34. The fraction of sp³-hybridized carbons (Fsp3) is 0. The summed E-state index contributed by atoms with van der Waals surface area (Å²) in [6.07, 6.45) is 0. The van der Waals surface area contributed by atoms with E-state index in [0.717, 1.165) is 156 Å². The molecule has 0 saturated heterocycles. The number of anilines is 10. The van der Waals surface area contributed by atoms with E-state index in [-0.39, 0.29) is 0 Å². The van der Waals surface area contributed by atoms with Crippen molar-refractivity contribution in [3.63, 3.8) is 0 Å². The summed E-state index contributed by atoms with van der Waals surface area (Å²) in [4.78, 5) is 7.42. The molecule has 0 aliphatic rings. The number of aromatic nitrogens is 2. The van der Waals surface area contributed by atoms with Gasteiger partial charge in [0.05, 0.1) is 56.2 Å². The number of benzene rings is 25. The zero-order valence-electron chi connectivity index (χ0n) is 82.2. The molecule has 0 unspecified atom stereocenters. The third kappa shape index (κ3) is 16.8. The van der Waals surface area contributed by atoms with Crippen LogP contribution >= 0.6 is 0 Å². The summed E-state index contributed by atoms with van der Waals surface area (Å²) in [6, 6.07) is 214. The number of nitrogen functional groups attached to an aromatic ring is 1. The van der Waals surface area contributed by atoms with E-state index in [9.17, 15) is 0 Å². The summed E-state index contributed by atoms with van der Waals surface area (Å²) in [5, 5.41) is 11.5. The number of hydrogen-bond donors (Lipinski definition) is 1. The van der Waals surface area contributed by atoms with Gasteiger partial charge >= 0.3 is 0 Å². The fourth-order valence-electron chi connectivity index (χ4n) is 22.4. The lowest BCUT2D eigenvalue weighted by Crippen LogP contribution is -2.17. The minimum atomic E-state index is 0.724. The Morgan fingerprint density at radius 3 is 0.547 bits per heavy atom. The molecule has 704 valence electrons. The molecule has 27 rings (SSSR count). The summed E-state index contributed by atoms with van der Waals surface area (Å²) in [5.74, 6) is 0. The van der Waals surface area contributed by atoms with E-state index in [1.807, 2.05) is 12.1 Å². The second kappa shape index (κ2) is 38.3. The van der Waals surface area contributed by atoms with Crippen molar-refractivity contribution in [2.24, 2.45) is 0 Å². The highest BCUT2D eigenvalue weighted by Gasteiger charge is 2.28. The second-order valence-corrected chi connectivity index (χ2v) is 38.9. The summed E-state index contributed by atoms with van der Waals surface area (Å²) >= 11 is 0. The Bertz CT molecular complexity index is 8940. The standard InChI is InChI=1S/C144H98N6/c145-122-74-58-105(59-75-122)106-60-76-123(77-61-106)146(138-39-19-33-115-30-13-16-36-131(115)138)128-94-129(147(139-40-20-34-116-31-14-17-37-132(116)139)124-78-62-107(63-79-124)109-66-82-126(83-67-109)149-141-86-70-118(111-50-42-101(43-51-111)97-22-5-1-6-23-97)90-134(141)135-91-119(71-87-142(135)149)112-52-44-102(45-53-112)98-24-7-2-8-25-98)96-130(95-128)148(140-41-21-35-117-32-15-18-38-133(117)140)125-80-64-108(65-81-125)110-68-84-127(85-69-110)150-143-88-72-120(113-54-46-103(47-55-113)99-26-9-3-10-27-99)92-136(143)137-93-121(73-89-144(137)150)114-56-48-104(49-57-114)100-28-11-4-12-29-100/h1-96H,145H2. The molecule has 27 aromatic rings. The predicted molar refractivity (Wildman–Crippen MR) is 636 cm³/mol. The lowest BCUT2D eigenvalue weighted by atomic mass is 9.97. The number of nitrogens with zero attached hydrogens (tertiary/aromatic N) is 5. The highest BCUT2D eigenvalue weighted by molar-refractivity contribution is 6.14. The highest BCUT2D eigenvalue weighted by atomic mass is 15.2. The molecule has 0 bridgehead atoms. The average Bonchev–Trinajstić information content (AvgIpc) is 1.60. The van der Waals surface area contributed by atoms with E-state index in [4.69, 9.17) is 5.73 Å². The molecule has 2 aromatic heterocycles. The van der Waals surface area contributed by atoms with Crippen LogP contribution in [0.25, 0.3) is 210 Å². The van der Waals surface area contributed by atoms with Crippen LogP contribution in [0.5, 0.6) is 0 Å². The molecule has 0 amide bonds. The van der Waals surface area contributed by atoms with Crippen molar-refractivity contribution < 1.29 is 0 Å². The normalized spacial score (nSPS) is 11.5. The predicted octanol–water partition coefficient (Wildman–Crippen LogP) is 39.7. The van der Waals surface area contributed by atoms with Crippen LogP contribution in [-0.4, -0.2) is 9.13 Å². The Morgan fingerprint density at radius 1 is 0.127 bits per heavy atom. The van der Waals surface area contributed by atoms with Gasteiger partial charge in [0, 0.05) is 71.8 Å². The van der Waals surface area contributed by atoms with Gasteiger partial charge in [0.15, 0.2) is 0 Å². The number of nitrogens with two attached hydrogens (primary N) is 1. The molecule has 0 atom stereocenters. The lowest BCUT2D eigenvalue weighted by molar-refractivity contribution is 1.18. The molecule has 0 saturated carbocycles. The smallest absolute Gasteiger partial charge is 0.0541 e. The minimum Gasteiger partial charge on any atom is -0.399 e. The first-order valence-corrected chi connectivity index (χ1v) is 51.4. The van der Waals surface area contributed by atoms with Crippen molar-refractivity contribution >= 4 is 133 Å². The Balaban J connectivity index is 0.585. The largest absolute Gasteiger partial charge is 0.399 e. The summed E-state index contributed by atoms with van der Waals surface area (Å²) < 4.78 is 4.88. The number of fused-ring (bicyclic) bond motifs is 9. The van der Waals surface area contributed by atoms with E-state index in [1.165, 1.54) is 111 Å². The molecule has 0 radical (unpaired) electrons. The Morgan fingerprint density at radius 2 is 0.307 bits per heavy atom. The van der Waals surface area contributed by atoms with Crippen LogP contribution in [0.4, 0.5) is 56.9 Å². The summed E-state index contributed by atoms with van der Waals surface area (Å²) in [7, 11) is 0. The molecule has 0 spiro atoms. The van der Waals surface area contributed by atoms with E-state index >= 15 is 0 Å². The summed E-state index contributed by atoms with van der Waals surface area (Å²) in [6.45, 7) is 0. The van der Waals surface area contributed by atoms with E-state index in [2.05, 4.69) is 594 Å². The van der Waals surface area contributed by atoms with Gasteiger partial charge in [-0.3, -0.25) is 0 Å². The van der Waals surface area contributed by atoms with Crippen LogP contribution < -0.4 is 20.4 Å². The first kappa shape index (κ1) is 89.0.